The summed E-state index contributed by atoms with van der Waals surface area (Å²) in [5.41, 5.74) is 11.0. The first-order valence-electron chi connectivity index (χ1n) is 14.0. The van der Waals surface area contributed by atoms with E-state index in [-0.39, 0.29) is 0 Å². The van der Waals surface area contributed by atoms with E-state index in [1.54, 1.807) is 22.7 Å². The fourth-order valence-corrected chi connectivity index (χ4v) is 5.90. The van der Waals surface area contributed by atoms with E-state index in [4.69, 9.17) is 9.47 Å². The van der Waals surface area contributed by atoms with Gasteiger partial charge in [0, 0.05) is 31.6 Å². The molecule has 8 rings (SSSR count). The highest BCUT2D eigenvalue weighted by Gasteiger charge is 2.31. The summed E-state index contributed by atoms with van der Waals surface area (Å²) < 4.78 is 13.6. The van der Waals surface area contributed by atoms with Gasteiger partial charge in [-0.2, -0.15) is 0 Å². The van der Waals surface area contributed by atoms with Crippen molar-refractivity contribution in [2.75, 3.05) is 0 Å². The van der Waals surface area contributed by atoms with E-state index >= 15 is 0 Å². The third kappa shape index (κ3) is 8.15. The quantitative estimate of drug-likeness (QED) is 0.172. The number of aromatic nitrogens is 3. The van der Waals surface area contributed by atoms with Crippen LogP contribution in [0.4, 0.5) is 0 Å². The molecule has 0 aliphatic carbocycles. The van der Waals surface area contributed by atoms with Gasteiger partial charge in [-0.15, -0.1) is 22.7 Å². The molecule has 218 valence electrons. The first-order chi connectivity index (χ1) is 20.6. The predicted octanol–water partition coefficient (Wildman–Crippen LogP) is 10.3. The van der Waals surface area contributed by atoms with Gasteiger partial charge in [0.1, 0.15) is 0 Å². The monoisotopic (exact) mass is 605 g/mol. The zero-order chi connectivity index (χ0) is 30.4. The standard InChI is InChI=1S/C10H9N.C10H12O2.2C8H7NS/c1-8-2-3-9-4-5-11-7-10(9)6-8;1-7-4-5-8-9(6-7)12-10(2,3)11-8;1-6-2-3-8-7(4-6)9-5-10-8;1-6-2-3-7-8(4-6)10-5-9-7/h2-7H,1H3;4-6H,1-3H3;2*2-5H,1H3. The summed E-state index contributed by atoms with van der Waals surface area (Å²) in [5, 5.41) is 2.47. The molecule has 1 aliphatic rings. The highest BCUT2D eigenvalue weighted by Crippen LogP contribution is 2.39. The lowest BCUT2D eigenvalue weighted by Gasteiger charge is -2.16. The van der Waals surface area contributed by atoms with Crippen molar-refractivity contribution in [2.45, 2.75) is 47.3 Å². The number of thiazole rings is 2. The van der Waals surface area contributed by atoms with Crippen LogP contribution in [0.2, 0.25) is 0 Å². The van der Waals surface area contributed by atoms with Crippen LogP contribution in [-0.2, 0) is 0 Å². The summed E-state index contributed by atoms with van der Waals surface area (Å²) >= 11 is 3.38. The SMILES string of the molecule is Cc1ccc2c(c1)OC(C)(C)O2.Cc1ccc2ccncc2c1.Cc1ccc2ncsc2c1.Cc1ccc2scnc2c1. The third-order valence-electron chi connectivity index (χ3n) is 6.58. The van der Waals surface area contributed by atoms with Crippen molar-refractivity contribution in [1.29, 1.82) is 0 Å². The molecule has 4 heterocycles. The van der Waals surface area contributed by atoms with Crippen molar-refractivity contribution in [1.82, 2.24) is 15.0 Å². The Hall–Kier alpha value is -4.33. The molecule has 7 heteroatoms. The maximum Gasteiger partial charge on any atom is 0.246 e. The van der Waals surface area contributed by atoms with Gasteiger partial charge in [0.15, 0.2) is 11.5 Å². The second-order valence-corrected chi connectivity index (χ2v) is 12.7. The molecular formula is C36H35N3O2S2. The largest absolute Gasteiger partial charge is 0.449 e. The summed E-state index contributed by atoms with van der Waals surface area (Å²) in [7, 11) is 0. The molecule has 0 fully saturated rings. The Labute approximate surface area is 260 Å². The van der Waals surface area contributed by atoms with Crippen LogP contribution in [0.5, 0.6) is 11.5 Å². The van der Waals surface area contributed by atoms with Gasteiger partial charge in [-0.3, -0.25) is 4.98 Å². The third-order valence-corrected chi connectivity index (χ3v) is 8.18. The summed E-state index contributed by atoms with van der Waals surface area (Å²) in [6.07, 6.45) is 3.71. The predicted molar refractivity (Wildman–Crippen MR) is 182 cm³/mol. The lowest BCUT2D eigenvalue weighted by Crippen LogP contribution is -2.29. The van der Waals surface area contributed by atoms with Crippen LogP contribution in [-0.4, -0.2) is 20.7 Å². The van der Waals surface area contributed by atoms with E-state index in [9.17, 15) is 0 Å². The van der Waals surface area contributed by atoms with Crippen molar-refractivity contribution in [2.24, 2.45) is 0 Å². The average Bonchev–Trinajstić information content (AvgIpc) is 3.71. The summed E-state index contributed by atoms with van der Waals surface area (Å²) in [5.74, 6) is 1.18. The zero-order valence-corrected chi connectivity index (χ0v) is 26.9. The molecule has 0 bridgehead atoms. The van der Waals surface area contributed by atoms with E-state index in [2.05, 4.69) is 90.3 Å². The number of ether oxygens (including phenoxy) is 2. The second-order valence-electron chi connectivity index (χ2n) is 10.9. The Kier molecular flexibility index (Phi) is 9.34. The van der Waals surface area contributed by atoms with Crippen molar-refractivity contribution in [3.63, 3.8) is 0 Å². The molecule has 1 aliphatic heterocycles. The molecule has 7 aromatic rings. The van der Waals surface area contributed by atoms with Gasteiger partial charge in [0.25, 0.3) is 0 Å². The minimum Gasteiger partial charge on any atom is -0.449 e. The van der Waals surface area contributed by atoms with Gasteiger partial charge in [0.2, 0.25) is 5.79 Å². The average molecular weight is 606 g/mol. The van der Waals surface area contributed by atoms with E-state index < -0.39 is 5.79 Å². The van der Waals surface area contributed by atoms with E-state index in [0.717, 1.165) is 22.5 Å². The fourth-order valence-electron chi connectivity index (χ4n) is 4.46. The molecule has 0 atom stereocenters. The molecular weight excluding hydrogens is 571 g/mol. The van der Waals surface area contributed by atoms with Crippen molar-refractivity contribution in [3.05, 3.63) is 125 Å². The molecule has 43 heavy (non-hydrogen) atoms. The number of rotatable bonds is 0. The Bertz CT molecular complexity index is 1900. The molecule has 0 N–H and O–H groups in total. The summed E-state index contributed by atoms with van der Waals surface area (Å²) in [4.78, 5) is 12.4. The van der Waals surface area contributed by atoms with Gasteiger partial charge in [-0.05, 0) is 98.3 Å². The lowest BCUT2D eigenvalue weighted by molar-refractivity contribution is -0.0431. The van der Waals surface area contributed by atoms with Crippen molar-refractivity contribution >= 4 is 53.9 Å². The number of hydrogen-bond donors (Lipinski definition) is 0. The minimum atomic E-state index is -0.504. The Morgan fingerprint density at radius 3 is 2.02 bits per heavy atom. The van der Waals surface area contributed by atoms with Crippen LogP contribution in [0.3, 0.4) is 0 Å². The van der Waals surface area contributed by atoms with Crippen LogP contribution in [0.1, 0.15) is 36.1 Å². The van der Waals surface area contributed by atoms with Crippen molar-refractivity contribution < 1.29 is 9.47 Å². The molecule has 0 amide bonds. The number of nitrogens with zero attached hydrogens (tertiary/aromatic N) is 3. The van der Waals surface area contributed by atoms with E-state index in [0.29, 0.717) is 0 Å². The maximum absolute atomic E-state index is 5.55. The van der Waals surface area contributed by atoms with Gasteiger partial charge in [0.05, 0.1) is 31.5 Å². The van der Waals surface area contributed by atoms with Crippen molar-refractivity contribution in [3.8, 4) is 11.5 Å². The number of fused-ring (bicyclic) bond motifs is 4. The molecule has 0 saturated carbocycles. The summed E-state index contributed by atoms with van der Waals surface area (Å²) in [6.45, 7) is 12.1. The molecule has 3 aromatic heterocycles. The highest BCUT2D eigenvalue weighted by molar-refractivity contribution is 7.17. The van der Waals surface area contributed by atoms with Crippen LogP contribution in [0.25, 0.3) is 31.2 Å². The topological polar surface area (TPSA) is 57.1 Å². The van der Waals surface area contributed by atoms with Gasteiger partial charge < -0.3 is 9.47 Å². The fraction of sp³-hybridized carbons (Fsp3) is 0.194. The van der Waals surface area contributed by atoms with Gasteiger partial charge in [-0.1, -0.05) is 35.9 Å². The normalized spacial score (nSPS) is 12.5. The minimum absolute atomic E-state index is 0.504. The Balaban J connectivity index is 0.000000114. The van der Waals surface area contributed by atoms with Gasteiger partial charge >= 0.3 is 0 Å². The molecule has 0 saturated heterocycles. The van der Waals surface area contributed by atoms with Crippen LogP contribution in [0.15, 0.2) is 102 Å². The maximum atomic E-state index is 5.55. The van der Waals surface area contributed by atoms with E-state index in [1.807, 2.05) is 68.5 Å². The van der Waals surface area contributed by atoms with Crippen LogP contribution >= 0.6 is 22.7 Å². The molecule has 0 unspecified atom stereocenters. The Morgan fingerprint density at radius 2 is 1.19 bits per heavy atom. The molecule has 0 radical (unpaired) electrons. The highest BCUT2D eigenvalue weighted by atomic mass is 32.1. The Morgan fingerprint density at radius 1 is 0.558 bits per heavy atom. The smallest absolute Gasteiger partial charge is 0.246 e. The number of hydrogen-bond acceptors (Lipinski definition) is 7. The van der Waals surface area contributed by atoms with E-state index in [1.165, 1.54) is 42.4 Å². The van der Waals surface area contributed by atoms with Gasteiger partial charge in [-0.25, -0.2) is 9.97 Å². The van der Waals surface area contributed by atoms with Crippen LogP contribution < -0.4 is 9.47 Å². The number of aryl methyl sites for hydroxylation is 4. The molecule has 0 spiro atoms. The lowest BCUT2D eigenvalue weighted by atomic mass is 10.1. The van der Waals surface area contributed by atoms with Crippen LogP contribution in [0, 0.1) is 27.7 Å². The number of pyridine rings is 1. The zero-order valence-electron chi connectivity index (χ0n) is 25.3. The number of benzene rings is 4. The molecule has 5 nitrogen and oxygen atoms in total. The second kappa shape index (κ2) is 13.3. The first kappa shape index (κ1) is 30.1. The first-order valence-corrected chi connectivity index (χ1v) is 15.8. The summed E-state index contributed by atoms with van der Waals surface area (Å²) in [6, 6.07) is 27.0. The molecule has 4 aromatic carbocycles.